The first-order valence-electron chi connectivity index (χ1n) is 8.39. The normalized spacial score (nSPS) is 11.6. The molecule has 28 heavy (non-hydrogen) atoms. The van der Waals surface area contributed by atoms with Gasteiger partial charge in [-0.2, -0.15) is 10.1 Å². The zero-order chi connectivity index (χ0) is 20.3. The molecule has 0 saturated carbocycles. The van der Waals surface area contributed by atoms with Gasteiger partial charge in [0, 0.05) is 13.2 Å². The van der Waals surface area contributed by atoms with Crippen LogP contribution < -0.4 is 4.80 Å². The first-order valence-corrected chi connectivity index (χ1v) is 9.20. The van der Waals surface area contributed by atoms with Gasteiger partial charge in [0.05, 0.1) is 29.5 Å². The molecule has 0 aliphatic carbocycles. The Morgan fingerprint density at radius 3 is 2.68 bits per heavy atom. The second-order valence-corrected chi connectivity index (χ2v) is 6.75. The molecule has 1 amide bonds. The van der Waals surface area contributed by atoms with Crippen LogP contribution in [-0.2, 0) is 27.9 Å². The van der Waals surface area contributed by atoms with Crippen LogP contribution in [0.2, 0.25) is 0 Å². The number of carbonyl (C=O) groups excluding carboxylic acids is 3. The van der Waals surface area contributed by atoms with Gasteiger partial charge in [-0.3, -0.25) is 14.3 Å². The third-order valence-electron chi connectivity index (χ3n) is 3.84. The van der Waals surface area contributed by atoms with Crippen LogP contribution in [0.4, 0.5) is 0 Å². The monoisotopic (exact) mass is 402 g/mol. The highest BCUT2D eigenvalue weighted by molar-refractivity contribution is 7.16. The summed E-state index contributed by atoms with van der Waals surface area (Å²) in [6.07, 6.45) is 1.64. The third-order valence-corrected chi connectivity index (χ3v) is 4.88. The number of methoxy groups -OCH3 is 1. The molecule has 3 aromatic rings. The van der Waals surface area contributed by atoms with Crippen molar-refractivity contribution >= 4 is 39.4 Å². The zero-order valence-corrected chi connectivity index (χ0v) is 16.4. The maximum Gasteiger partial charge on any atom is 0.338 e. The second kappa shape index (κ2) is 8.17. The first kappa shape index (κ1) is 19.5. The Morgan fingerprint density at radius 2 is 2.04 bits per heavy atom. The lowest BCUT2D eigenvalue weighted by Crippen LogP contribution is -2.22. The lowest BCUT2D eigenvalue weighted by molar-refractivity contribution is -0.141. The number of fused-ring (bicyclic) bond motifs is 1. The molecule has 0 aliphatic rings. The molecule has 0 unspecified atom stereocenters. The van der Waals surface area contributed by atoms with Gasteiger partial charge in [0.25, 0.3) is 5.91 Å². The van der Waals surface area contributed by atoms with Crippen LogP contribution in [0.15, 0.2) is 35.5 Å². The maximum atomic E-state index is 12.4. The van der Waals surface area contributed by atoms with Crippen molar-refractivity contribution in [2.24, 2.45) is 12.0 Å². The van der Waals surface area contributed by atoms with Gasteiger partial charge >= 0.3 is 11.9 Å². The SMILES string of the molecule is CCOC(=O)c1ccc2c(c1)sc(=NC(=O)c1ccn(C)n1)n2CC(=O)OC. The highest BCUT2D eigenvalue weighted by atomic mass is 32.1. The largest absolute Gasteiger partial charge is 0.468 e. The zero-order valence-electron chi connectivity index (χ0n) is 15.5. The van der Waals surface area contributed by atoms with Crippen molar-refractivity contribution in [1.29, 1.82) is 0 Å². The summed E-state index contributed by atoms with van der Waals surface area (Å²) >= 11 is 1.18. The Kier molecular flexibility index (Phi) is 5.69. The lowest BCUT2D eigenvalue weighted by Gasteiger charge is -2.04. The molecular formula is C18H18N4O5S. The molecule has 0 spiro atoms. The van der Waals surface area contributed by atoms with Crippen molar-refractivity contribution in [3.05, 3.63) is 46.5 Å². The van der Waals surface area contributed by atoms with Gasteiger partial charge in [-0.1, -0.05) is 11.3 Å². The number of ether oxygens (including phenoxy) is 2. The molecule has 0 aliphatic heterocycles. The van der Waals surface area contributed by atoms with Crippen molar-refractivity contribution in [3.8, 4) is 0 Å². The fourth-order valence-corrected chi connectivity index (χ4v) is 3.59. The van der Waals surface area contributed by atoms with Crippen LogP contribution in [-0.4, -0.2) is 45.9 Å². The summed E-state index contributed by atoms with van der Waals surface area (Å²) in [5.74, 6) is -1.46. The van der Waals surface area contributed by atoms with E-state index >= 15 is 0 Å². The summed E-state index contributed by atoms with van der Waals surface area (Å²) in [6, 6.07) is 6.50. The van der Waals surface area contributed by atoms with Gasteiger partial charge in [0.15, 0.2) is 10.5 Å². The van der Waals surface area contributed by atoms with E-state index in [1.807, 2.05) is 0 Å². The first-order chi connectivity index (χ1) is 13.4. The number of hydrogen-bond acceptors (Lipinski definition) is 7. The number of carbonyl (C=O) groups is 3. The molecule has 1 aromatic carbocycles. The lowest BCUT2D eigenvalue weighted by atomic mass is 10.2. The molecule has 0 atom stereocenters. The predicted octanol–water partition coefficient (Wildman–Crippen LogP) is 1.53. The Morgan fingerprint density at radius 1 is 1.25 bits per heavy atom. The summed E-state index contributed by atoms with van der Waals surface area (Å²) < 4.78 is 13.5. The summed E-state index contributed by atoms with van der Waals surface area (Å²) in [5.41, 5.74) is 1.22. The van der Waals surface area contributed by atoms with E-state index in [1.165, 1.54) is 23.1 Å². The van der Waals surface area contributed by atoms with Crippen molar-refractivity contribution in [2.75, 3.05) is 13.7 Å². The van der Waals surface area contributed by atoms with E-state index in [-0.39, 0.29) is 18.8 Å². The summed E-state index contributed by atoms with van der Waals surface area (Å²) in [4.78, 5) is 40.7. The molecule has 0 fully saturated rings. The number of benzene rings is 1. The van der Waals surface area contributed by atoms with Crippen molar-refractivity contribution < 1.29 is 23.9 Å². The summed E-state index contributed by atoms with van der Waals surface area (Å²) in [7, 11) is 2.98. The number of hydrogen-bond donors (Lipinski definition) is 0. The number of rotatable bonds is 5. The summed E-state index contributed by atoms with van der Waals surface area (Å²) in [5, 5.41) is 4.04. The Hall–Kier alpha value is -3.27. The Labute approximate surface area is 163 Å². The van der Waals surface area contributed by atoms with E-state index < -0.39 is 17.8 Å². The molecule has 9 nitrogen and oxygen atoms in total. The maximum absolute atomic E-state index is 12.4. The Balaban J connectivity index is 2.12. The van der Waals surface area contributed by atoms with Crippen LogP contribution in [0, 0.1) is 0 Å². The van der Waals surface area contributed by atoms with Crippen LogP contribution >= 0.6 is 11.3 Å². The average Bonchev–Trinajstić information content (AvgIpc) is 3.25. The molecule has 0 radical (unpaired) electrons. The van der Waals surface area contributed by atoms with E-state index in [2.05, 4.69) is 10.1 Å². The van der Waals surface area contributed by atoms with Crippen molar-refractivity contribution in [3.63, 3.8) is 0 Å². The van der Waals surface area contributed by atoms with Gasteiger partial charge in [-0.15, -0.1) is 0 Å². The van der Waals surface area contributed by atoms with Gasteiger partial charge in [0.2, 0.25) is 0 Å². The minimum absolute atomic E-state index is 0.121. The van der Waals surface area contributed by atoms with Crippen LogP contribution in [0.3, 0.4) is 0 Å². The van der Waals surface area contributed by atoms with E-state index in [9.17, 15) is 14.4 Å². The average molecular weight is 402 g/mol. The highest BCUT2D eigenvalue weighted by Gasteiger charge is 2.15. The van der Waals surface area contributed by atoms with Crippen LogP contribution in [0.5, 0.6) is 0 Å². The molecule has 0 bridgehead atoms. The van der Waals surface area contributed by atoms with E-state index in [0.717, 1.165) is 0 Å². The number of aryl methyl sites for hydroxylation is 1. The fraction of sp³-hybridized carbons (Fsp3) is 0.278. The molecule has 3 rings (SSSR count). The van der Waals surface area contributed by atoms with Crippen LogP contribution in [0.25, 0.3) is 10.2 Å². The molecular weight excluding hydrogens is 384 g/mol. The number of thiazole rings is 1. The third kappa shape index (κ3) is 4.01. The second-order valence-electron chi connectivity index (χ2n) is 5.74. The number of aromatic nitrogens is 3. The van der Waals surface area contributed by atoms with Crippen LogP contribution in [0.1, 0.15) is 27.8 Å². The van der Waals surface area contributed by atoms with Gasteiger partial charge < -0.3 is 14.0 Å². The molecule has 0 N–H and O–H groups in total. The fourth-order valence-electron chi connectivity index (χ4n) is 2.52. The van der Waals surface area contributed by atoms with E-state index in [1.54, 1.807) is 49.0 Å². The highest BCUT2D eigenvalue weighted by Crippen LogP contribution is 2.20. The summed E-state index contributed by atoms with van der Waals surface area (Å²) in [6.45, 7) is 1.87. The van der Waals surface area contributed by atoms with E-state index in [4.69, 9.17) is 9.47 Å². The topological polar surface area (TPSA) is 105 Å². The standard InChI is InChI=1S/C18H18N4O5S/c1-4-27-17(25)11-5-6-13-14(9-11)28-18(22(13)10-15(23)26-3)19-16(24)12-7-8-21(2)20-12/h5-9H,4,10H2,1-3H3. The minimum atomic E-state index is -0.531. The van der Waals surface area contributed by atoms with Gasteiger partial charge in [-0.05, 0) is 31.2 Å². The van der Waals surface area contributed by atoms with E-state index in [0.29, 0.717) is 20.6 Å². The number of amides is 1. The molecule has 0 saturated heterocycles. The quantitative estimate of drug-likeness (QED) is 0.600. The number of esters is 2. The van der Waals surface area contributed by atoms with Gasteiger partial charge in [-0.25, -0.2) is 4.79 Å². The minimum Gasteiger partial charge on any atom is -0.468 e. The Bertz CT molecular complexity index is 1120. The molecule has 2 heterocycles. The van der Waals surface area contributed by atoms with Gasteiger partial charge in [0.1, 0.15) is 6.54 Å². The van der Waals surface area contributed by atoms with Crippen molar-refractivity contribution in [2.45, 2.75) is 13.5 Å². The molecule has 146 valence electrons. The predicted molar refractivity (Wildman–Crippen MR) is 101 cm³/mol. The molecule has 2 aromatic heterocycles. The smallest absolute Gasteiger partial charge is 0.338 e. The molecule has 10 heteroatoms. The number of nitrogens with zero attached hydrogens (tertiary/aromatic N) is 4. The van der Waals surface area contributed by atoms with Crippen molar-refractivity contribution in [1.82, 2.24) is 14.3 Å².